The molecule has 0 bridgehead atoms. The monoisotopic (exact) mass is 373 g/mol. The fourth-order valence-corrected chi connectivity index (χ4v) is 3.61. The lowest BCUT2D eigenvalue weighted by molar-refractivity contribution is -0.136. The molecule has 144 valence electrons. The SMILES string of the molecule is COc1cc(CN2CCCn3nc(CCC(=O)O)cc3C2)cc2c1OCO2. The lowest BCUT2D eigenvalue weighted by atomic mass is 10.1. The van der Waals surface area contributed by atoms with Crippen LogP contribution in [-0.2, 0) is 30.8 Å². The van der Waals surface area contributed by atoms with Gasteiger partial charge in [-0.2, -0.15) is 5.10 Å². The highest BCUT2D eigenvalue weighted by molar-refractivity contribution is 5.66. The zero-order valence-electron chi connectivity index (χ0n) is 15.3. The Kier molecular flexibility index (Phi) is 4.89. The van der Waals surface area contributed by atoms with Gasteiger partial charge in [-0.25, -0.2) is 0 Å². The summed E-state index contributed by atoms with van der Waals surface area (Å²) in [7, 11) is 1.63. The van der Waals surface area contributed by atoms with Gasteiger partial charge < -0.3 is 19.3 Å². The van der Waals surface area contributed by atoms with Crippen LogP contribution in [0.5, 0.6) is 17.2 Å². The van der Waals surface area contributed by atoms with E-state index in [2.05, 4.69) is 10.00 Å². The quantitative estimate of drug-likeness (QED) is 0.829. The lowest BCUT2D eigenvalue weighted by Gasteiger charge is -2.20. The van der Waals surface area contributed by atoms with E-state index in [-0.39, 0.29) is 13.2 Å². The average Bonchev–Trinajstić information content (AvgIpc) is 3.22. The molecule has 8 nitrogen and oxygen atoms in total. The van der Waals surface area contributed by atoms with Gasteiger partial charge in [-0.3, -0.25) is 14.4 Å². The second-order valence-corrected chi connectivity index (χ2v) is 6.84. The van der Waals surface area contributed by atoms with Crippen molar-refractivity contribution in [2.45, 2.75) is 38.9 Å². The van der Waals surface area contributed by atoms with Crippen LogP contribution in [0.3, 0.4) is 0 Å². The van der Waals surface area contributed by atoms with Gasteiger partial charge >= 0.3 is 5.97 Å². The summed E-state index contributed by atoms with van der Waals surface area (Å²) in [6.07, 6.45) is 1.57. The maximum atomic E-state index is 10.8. The fourth-order valence-electron chi connectivity index (χ4n) is 3.61. The topological polar surface area (TPSA) is 86.1 Å². The van der Waals surface area contributed by atoms with Gasteiger partial charge in [0.05, 0.1) is 24.9 Å². The van der Waals surface area contributed by atoms with Crippen LogP contribution in [0, 0.1) is 0 Å². The van der Waals surface area contributed by atoms with E-state index in [0.29, 0.717) is 17.9 Å². The molecule has 0 spiro atoms. The minimum Gasteiger partial charge on any atom is -0.493 e. The van der Waals surface area contributed by atoms with E-state index in [4.69, 9.17) is 19.3 Å². The third-order valence-electron chi connectivity index (χ3n) is 4.86. The standard InChI is InChI=1S/C19H23N3O5/c1-25-16-7-13(8-17-19(16)27-12-26-17)10-21-5-2-6-22-15(11-21)9-14(20-22)3-4-18(23)24/h7-9H,2-6,10-12H2,1H3,(H,23,24). The number of hydrogen-bond acceptors (Lipinski definition) is 6. The molecule has 2 aromatic rings. The minimum absolute atomic E-state index is 0.108. The van der Waals surface area contributed by atoms with Gasteiger partial charge in [0.15, 0.2) is 11.5 Å². The molecule has 1 N–H and O–H groups in total. The summed E-state index contributed by atoms with van der Waals surface area (Å²) in [5.41, 5.74) is 3.08. The number of nitrogens with zero attached hydrogens (tertiary/aromatic N) is 3. The average molecular weight is 373 g/mol. The number of methoxy groups -OCH3 is 1. The number of hydrogen-bond donors (Lipinski definition) is 1. The normalized spacial score (nSPS) is 16.0. The molecule has 27 heavy (non-hydrogen) atoms. The summed E-state index contributed by atoms with van der Waals surface area (Å²) in [4.78, 5) is 13.1. The Morgan fingerprint density at radius 1 is 1.30 bits per heavy atom. The summed E-state index contributed by atoms with van der Waals surface area (Å²) in [6.45, 7) is 3.57. The first kappa shape index (κ1) is 17.7. The molecule has 0 fully saturated rings. The molecule has 4 rings (SSSR count). The third kappa shape index (κ3) is 3.85. The van der Waals surface area contributed by atoms with Crippen LogP contribution in [-0.4, -0.2) is 46.2 Å². The second-order valence-electron chi connectivity index (χ2n) is 6.84. The van der Waals surface area contributed by atoms with Crippen LogP contribution >= 0.6 is 0 Å². The number of carboxylic acid groups (broad SMARTS) is 1. The molecule has 0 unspecified atom stereocenters. The summed E-state index contributed by atoms with van der Waals surface area (Å²) < 4.78 is 18.4. The van der Waals surface area contributed by atoms with Gasteiger partial charge in [0.2, 0.25) is 12.5 Å². The largest absolute Gasteiger partial charge is 0.493 e. The van der Waals surface area contributed by atoms with E-state index in [0.717, 1.165) is 55.3 Å². The molecule has 0 aliphatic carbocycles. The van der Waals surface area contributed by atoms with E-state index in [1.165, 1.54) is 0 Å². The third-order valence-corrected chi connectivity index (χ3v) is 4.86. The Bertz CT molecular complexity index is 848. The minimum atomic E-state index is -0.795. The first-order valence-corrected chi connectivity index (χ1v) is 9.08. The second kappa shape index (κ2) is 7.48. The highest BCUT2D eigenvalue weighted by Gasteiger charge is 2.22. The Hall–Kier alpha value is -2.74. The van der Waals surface area contributed by atoms with Crippen molar-refractivity contribution in [2.24, 2.45) is 0 Å². The van der Waals surface area contributed by atoms with Crippen LogP contribution in [0.1, 0.15) is 29.8 Å². The van der Waals surface area contributed by atoms with E-state index >= 15 is 0 Å². The molecule has 8 heteroatoms. The maximum Gasteiger partial charge on any atom is 0.303 e. The van der Waals surface area contributed by atoms with Crippen LogP contribution < -0.4 is 14.2 Å². The van der Waals surface area contributed by atoms with Gasteiger partial charge in [0.1, 0.15) is 0 Å². The predicted molar refractivity (Wildman–Crippen MR) is 96.0 cm³/mol. The Balaban J connectivity index is 1.48. The smallest absolute Gasteiger partial charge is 0.303 e. The van der Waals surface area contributed by atoms with Gasteiger partial charge in [0.25, 0.3) is 0 Å². The number of carbonyl (C=O) groups is 1. The number of aryl methyl sites for hydroxylation is 2. The van der Waals surface area contributed by atoms with Crippen molar-refractivity contribution < 1.29 is 24.1 Å². The van der Waals surface area contributed by atoms with Gasteiger partial charge in [-0.1, -0.05) is 0 Å². The highest BCUT2D eigenvalue weighted by Crippen LogP contribution is 2.42. The summed E-state index contributed by atoms with van der Waals surface area (Å²) in [6, 6.07) is 6.03. The van der Waals surface area contributed by atoms with E-state index in [9.17, 15) is 4.79 Å². The van der Waals surface area contributed by atoms with Crippen LogP contribution in [0.25, 0.3) is 0 Å². The van der Waals surface area contributed by atoms with E-state index < -0.39 is 5.97 Å². The number of carboxylic acids is 1. The molecular formula is C19H23N3O5. The Labute approximate surface area is 157 Å². The van der Waals surface area contributed by atoms with E-state index in [1.807, 2.05) is 22.9 Å². The van der Waals surface area contributed by atoms with Crippen molar-refractivity contribution in [3.05, 3.63) is 35.2 Å². The van der Waals surface area contributed by atoms with E-state index in [1.54, 1.807) is 7.11 Å². The van der Waals surface area contributed by atoms with Gasteiger partial charge in [-0.15, -0.1) is 0 Å². The zero-order valence-corrected chi connectivity index (χ0v) is 15.3. The molecule has 3 heterocycles. The molecule has 1 aromatic carbocycles. The molecule has 2 aliphatic heterocycles. The summed E-state index contributed by atoms with van der Waals surface area (Å²) >= 11 is 0. The molecule has 1 aromatic heterocycles. The number of aliphatic carboxylic acids is 1. The summed E-state index contributed by atoms with van der Waals surface area (Å²) in [5.74, 6) is 1.28. The molecule has 0 radical (unpaired) electrons. The van der Waals surface area contributed by atoms with Gasteiger partial charge in [-0.05, 0) is 30.2 Å². The van der Waals surface area contributed by atoms with Crippen LogP contribution in [0.15, 0.2) is 18.2 Å². The molecule has 0 atom stereocenters. The van der Waals surface area contributed by atoms with Gasteiger partial charge in [0, 0.05) is 32.6 Å². The number of fused-ring (bicyclic) bond motifs is 2. The molecule has 2 aliphatic rings. The molecule has 0 amide bonds. The van der Waals surface area contributed by atoms with Crippen molar-refractivity contribution in [1.82, 2.24) is 14.7 Å². The summed E-state index contributed by atoms with van der Waals surface area (Å²) in [5, 5.41) is 13.4. The molecule has 0 saturated carbocycles. The first-order valence-electron chi connectivity index (χ1n) is 9.08. The highest BCUT2D eigenvalue weighted by atomic mass is 16.7. The number of ether oxygens (including phenoxy) is 3. The zero-order chi connectivity index (χ0) is 18.8. The van der Waals surface area contributed by atoms with Crippen molar-refractivity contribution >= 4 is 5.97 Å². The Morgan fingerprint density at radius 3 is 3.00 bits per heavy atom. The van der Waals surface area contributed by atoms with Crippen LogP contribution in [0.2, 0.25) is 0 Å². The number of aromatic nitrogens is 2. The van der Waals surface area contributed by atoms with Crippen LogP contribution in [0.4, 0.5) is 0 Å². The maximum absolute atomic E-state index is 10.8. The first-order chi connectivity index (χ1) is 13.1. The molecular weight excluding hydrogens is 350 g/mol. The van der Waals surface area contributed by atoms with Crippen molar-refractivity contribution in [3.8, 4) is 17.2 Å². The fraction of sp³-hybridized carbons (Fsp3) is 0.474. The predicted octanol–water partition coefficient (Wildman–Crippen LogP) is 2.04. The number of benzene rings is 1. The number of rotatable bonds is 6. The molecule has 0 saturated heterocycles. The van der Waals surface area contributed by atoms with Crippen molar-refractivity contribution in [1.29, 1.82) is 0 Å². The lowest BCUT2D eigenvalue weighted by Crippen LogP contribution is -2.22. The van der Waals surface area contributed by atoms with Crippen molar-refractivity contribution in [3.63, 3.8) is 0 Å². The Morgan fingerprint density at radius 2 is 2.19 bits per heavy atom. The van der Waals surface area contributed by atoms with Crippen molar-refractivity contribution in [2.75, 3.05) is 20.4 Å².